The molecule has 2 aliphatic rings. The van der Waals surface area contributed by atoms with Crippen LogP contribution in [0.25, 0.3) is 10.9 Å². The van der Waals surface area contributed by atoms with E-state index in [1.54, 1.807) is 16.4 Å². The van der Waals surface area contributed by atoms with Crippen molar-refractivity contribution in [1.82, 2.24) is 19.2 Å². The average Bonchev–Trinajstić information content (AvgIpc) is 3.26. The van der Waals surface area contributed by atoms with Crippen molar-refractivity contribution in [2.45, 2.75) is 51.0 Å². The molecule has 2 aliphatic heterocycles. The molecule has 1 atom stereocenters. The Balaban J connectivity index is 1.38. The molecule has 2 saturated heterocycles. The smallest absolute Gasteiger partial charge is 0.248 e. The van der Waals surface area contributed by atoms with Crippen molar-refractivity contribution >= 4 is 38.5 Å². The summed E-state index contributed by atoms with van der Waals surface area (Å²) in [5.74, 6) is 1.26. The molecule has 1 amide bonds. The van der Waals surface area contributed by atoms with Gasteiger partial charge in [0, 0.05) is 56.4 Å². The van der Waals surface area contributed by atoms with E-state index in [-0.39, 0.29) is 5.91 Å². The molecular weight excluding hydrogens is 488 g/mol. The summed E-state index contributed by atoms with van der Waals surface area (Å²) in [6.45, 7) is 10.5. The molecule has 0 bridgehead atoms. The van der Waals surface area contributed by atoms with Gasteiger partial charge in [-0.05, 0) is 69.0 Å². The highest BCUT2D eigenvalue weighted by Gasteiger charge is 2.27. The Hall–Kier alpha value is -2.95. The first-order valence-electron chi connectivity index (χ1n) is 13.1. The van der Waals surface area contributed by atoms with Gasteiger partial charge in [0.15, 0.2) is 0 Å². The van der Waals surface area contributed by atoms with Gasteiger partial charge >= 0.3 is 0 Å². The molecule has 2 fully saturated rings. The van der Waals surface area contributed by atoms with Crippen molar-refractivity contribution in [3.63, 3.8) is 0 Å². The molecule has 0 saturated carbocycles. The number of carbonyl (C=O) groups excluding carboxylic acids is 1. The topological polar surface area (TPSA) is 99.6 Å². The molecular formula is C27H36N6O3S. The summed E-state index contributed by atoms with van der Waals surface area (Å²) >= 11 is 0. The Morgan fingerprint density at radius 2 is 1.73 bits per heavy atom. The number of nitrogens with zero attached hydrogens (tertiary/aromatic N) is 4. The average molecular weight is 525 g/mol. The molecule has 10 heteroatoms. The molecule has 1 unspecified atom stereocenters. The molecule has 5 rings (SSSR count). The number of carbonyl (C=O) groups is 1. The lowest BCUT2D eigenvalue weighted by molar-refractivity contribution is -0.118. The van der Waals surface area contributed by atoms with Gasteiger partial charge in [0.1, 0.15) is 17.7 Å². The molecule has 1 aromatic carbocycles. The van der Waals surface area contributed by atoms with E-state index in [2.05, 4.69) is 15.5 Å². The standard InChI is InChI=1S/C27H36N6O3S/c1-19-7-10-25(31-15-11-28-12-16-31)29-26(19)30-27(34)21(3)33-18-20(2)23-17-22(8-9-24(23)33)37(35,36)32-13-5-4-6-14-32/h7-10,17-18,21,28H,4-6,11-16H2,1-3H3,(H,29,30,34). The van der Waals surface area contributed by atoms with Gasteiger partial charge < -0.3 is 20.1 Å². The van der Waals surface area contributed by atoms with Crippen molar-refractivity contribution < 1.29 is 13.2 Å². The number of benzene rings is 1. The summed E-state index contributed by atoms with van der Waals surface area (Å²) in [6, 6.07) is 8.71. The Kier molecular flexibility index (Phi) is 7.24. The van der Waals surface area contributed by atoms with E-state index < -0.39 is 16.1 Å². The molecule has 9 nitrogen and oxygen atoms in total. The highest BCUT2D eigenvalue weighted by Crippen LogP contribution is 2.30. The van der Waals surface area contributed by atoms with Crippen LogP contribution >= 0.6 is 0 Å². The minimum absolute atomic E-state index is 0.171. The van der Waals surface area contributed by atoms with Gasteiger partial charge in [0.05, 0.1) is 4.90 Å². The number of amides is 1. The number of nitrogens with one attached hydrogen (secondary N) is 2. The fourth-order valence-corrected chi connectivity index (χ4v) is 6.75. The summed E-state index contributed by atoms with van der Waals surface area (Å²) in [4.78, 5) is 20.6. The van der Waals surface area contributed by atoms with E-state index >= 15 is 0 Å². The first-order chi connectivity index (χ1) is 17.8. The largest absolute Gasteiger partial charge is 0.354 e. The minimum Gasteiger partial charge on any atom is -0.354 e. The highest BCUT2D eigenvalue weighted by molar-refractivity contribution is 7.89. The second-order valence-electron chi connectivity index (χ2n) is 10.1. The number of rotatable bonds is 6. The lowest BCUT2D eigenvalue weighted by Crippen LogP contribution is -2.44. The van der Waals surface area contributed by atoms with Gasteiger partial charge in [-0.25, -0.2) is 13.4 Å². The lowest BCUT2D eigenvalue weighted by Gasteiger charge is -2.29. The number of fused-ring (bicyclic) bond motifs is 1. The maximum atomic E-state index is 13.3. The summed E-state index contributed by atoms with van der Waals surface area (Å²) in [7, 11) is -3.53. The summed E-state index contributed by atoms with van der Waals surface area (Å²) < 4.78 is 29.9. The third-order valence-electron chi connectivity index (χ3n) is 7.52. The quantitative estimate of drug-likeness (QED) is 0.513. The summed E-state index contributed by atoms with van der Waals surface area (Å²) in [5.41, 5.74) is 2.66. The molecule has 198 valence electrons. The van der Waals surface area contributed by atoms with Crippen LogP contribution in [0.5, 0.6) is 0 Å². The number of sulfonamides is 1. The van der Waals surface area contributed by atoms with E-state index in [1.165, 1.54) is 0 Å². The van der Waals surface area contributed by atoms with Crippen LogP contribution in [0.2, 0.25) is 0 Å². The van der Waals surface area contributed by atoms with Gasteiger partial charge in [-0.2, -0.15) is 4.31 Å². The molecule has 2 aromatic heterocycles. The number of anilines is 2. The van der Waals surface area contributed by atoms with Gasteiger partial charge in [0.25, 0.3) is 0 Å². The number of piperidine rings is 1. The molecule has 0 spiro atoms. The normalized spacial score (nSPS) is 18.2. The lowest BCUT2D eigenvalue weighted by atomic mass is 10.2. The van der Waals surface area contributed by atoms with E-state index in [4.69, 9.17) is 4.98 Å². The molecule has 0 radical (unpaired) electrons. The van der Waals surface area contributed by atoms with Crippen LogP contribution < -0.4 is 15.5 Å². The Labute approximate surface area is 218 Å². The molecule has 4 heterocycles. The third-order valence-corrected chi connectivity index (χ3v) is 9.41. The maximum absolute atomic E-state index is 13.3. The Bertz CT molecular complexity index is 1410. The second kappa shape index (κ2) is 10.4. The van der Waals surface area contributed by atoms with Crippen molar-refractivity contribution in [3.8, 4) is 0 Å². The van der Waals surface area contributed by atoms with E-state index in [1.807, 2.05) is 49.7 Å². The zero-order valence-corrected chi connectivity index (χ0v) is 22.6. The van der Waals surface area contributed by atoms with E-state index in [9.17, 15) is 13.2 Å². The van der Waals surface area contributed by atoms with Gasteiger partial charge in [-0.15, -0.1) is 0 Å². The van der Waals surface area contributed by atoms with Crippen LogP contribution in [0.4, 0.5) is 11.6 Å². The van der Waals surface area contributed by atoms with Gasteiger partial charge in [-0.3, -0.25) is 4.79 Å². The van der Waals surface area contributed by atoms with Crippen LogP contribution in [0.15, 0.2) is 41.4 Å². The number of piperazine rings is 1. The van der Waals surface area contributed by atoms with Crippen molar-refractivity contribution in [2.24, 2.45) is 0 Å². The van der Waals surface area contributed by atoms with Gasteiger partial charge in [0.2, 0.25) is 15.9 Å². The number of hydrogen-bond acceptors (Lipinski definition) is 6. The SMILES string of the molecule is Cc1ccc(N2CCNCC2)nc1NC(=O)C(C)n1cc(C)c2cc(S(=O)(=O)N3CCCCC3)ccc21. The van der Waals surface area contributed by atoms with E-state index in [0.717, 1.165) is 73.3 Å². The van der Waals surface area contributed by atoms with Crippen LogP contribution in [-0.2, 0) is 14.8 Å². The molecule has 3 aromatic rings. The molecule has 37 heavy (non-hydrogen) atoms. The van der Waals surface area contributed by atoms with E-state index in [0.29, 0.717) is 23.8 Å². The fourth-order valence-electron chi connectivity index (χ4n) is 5.20. The summed E-state index contributed by atoms with van der Waals surface area (Å²) in [5, 5.41) is 7.21. The zero-order valence-electron chi connectivity index (χ0n) is 21.8. The van der Waals surface area contributed by atoms with Crippen LogP contribution in [-0.4, -0.2) is 67.4 Å². The van der Waals surface area contributed by atoms with Crippen LogP contribution in [0.1, 0.15) is 43.4 Å². The minimum atomic E-state index is -3.53. The van der Waals surface area contributed by atoms with Crippen molar-refractivity contribution in [3.05, 3.63) is 47.7 Å². The van der Waals surface area contributed by atoms with Crippen molar-refractivity contribution in [1.29, 1.82) is 0 Å². The molecule has 2 N–H and O–H groups in total. The summed E-state index contributed by atoms with van der Waals surface area (Å²) in [6.07, 6.45) is 4.79. The number of aromatic nitrogens is 2. The van der Waals surface area contributed by atoms with Crippen LogP contribution in [0.3, 0.4) is 0 Å². The number of hydrogen-bond donors (Lipinski definition) is 2. The predicted molar refractivity (Wildman–Crippen MR) is 147 cm³/mol. The number of pyridine rings is 1. The third kappa shape index (κ3) is 5.10. The first-order valence-corrected chi connectivity index (χ1v) is 14.6. The van der Waals surface area contributed by atoms with Gasteiger partial charge in [-0.1, -0.05) is 12.5 Å². The number of aryl methyl sites for hydroxylation is 2. The van der Waals surface area contributed by atoms with Crippen molar-refractivity contribution in [2.75, 3.05) is 49.5 Å². The fraction of sp³-hybridized carbons (Fsp3) is 0.481. The zero-order chi connectivity index (χ0) is 26.2. The highest BCUT2D eigenvalue weighted by atomic mass is 32.2. The predicted octanol–water partition coefficient (Wildman–Crippen LogP) is 3.44. The van der Waals surface area contributed by atoms with Crippen LogP contribution in [0, 0.1) is 13.8 Å². The first kappa shape index (κ1) is 25.7. The Morgan fingerprint density at radius 1 is 1.00 bits per heavy atom. The maximum Gasteiger partial charge on any atom is 0.248 e. The molecule has 0 aliphatic carbocycles. The monoisotopic (exact) mass is 524 g/mol. The second-order valence-corrected chi connectivity index (χ2v) is 12.0. The Morgan fingerprint density at radius 3 is 2.46 bits per heavy atom.